The van der Waals surface area contributed by atoms with E-state index < -0.39 is 12.0 Å². The van der Waals surface area contributed by atoms with Gasteiger partial charge in [-0.2, -0.15) is 13.2 Å². The third kappa shape index (κ3) is 1.55. The van der Waals surface area contributed by atoms with E-state index >= 15 is 0 Å². The second-order valence-corrected chi connectivity index (χ2v) is 3.46. The SMILES string of the molecule is Cc1nc(C(F)(F)F)n2c(CN)cccc12. The summed E-state index contributed by atoms with van der Waals surface area (Å²) in [6, 6.07) is 4.83. The topological polar surface area (TPSA) is 43.3 Å². The molecule has 0 unspecified atom stereocenters. The van der Waals surface area contributed by atoms with Crippen LogP contribution in [0, 0.1) is 6.92 Å². The summed E-state index contributed by atoms with van der Waals surface area (Å²) in [5.74, 6) is -0.916. The third-order valence-electron chi connectivity index (χ3n) is 2.39. The number of halogens is 3. The predicted octanol–water partition coefficient (Wildman–Crippen LogP) is 2.12. The average molecular weight is 229 g/mol. The molecule has 2 aromatic heterocycles. The summed E-state index contributed by atoms with van der Waals surface area (Å²) in [7, 11) is 0. The van der Waals surface area contributed by atoms with Gasteiger partial charge in [0, 0.05) is 12.2 Å². The van der Waals surface area contributed by atoms with Gasteiger partial charge in [-0.1, -0.05) is 6.07 Å². The molecule has 0 aromatic carbocycles. The molecule has 0 radical (unpaired) electrons. The minimum Gasteiger partial charge on any atom is -0.325 e. The first kappa shape index (κ1) is 10.9. The Balaban J connectivity index is 2.85. The van der Waals surface area contributed by atoms with Crippen LogP contribution in [0.15, 0.2) is 18.2 Å². The summed E-state index contributed by atoms with van der Waals surface area (Å²) in [6.45, 7) is 1.58. The van der Waals surface area contributed by atoms with E-state index in [4.69, 9.17) is 5.73 Å². The molecule has 0 amide bonds. The van der Waals surface area contributed by atoms with Crippen LogP contribution in [0.4, 0.5) is 13.2 Å². The Bertz CT molecular complexity index is 528. The molecule has 0 bridgehead atoms. The van der Waals surface area contributed by atoms with Gasteiger partial charge in [-0.05, 0) is 19.1 Å². The number of aryl methyl sites for hydroxylation is 1. The molecular formula is C10H10F3N3. The number of nitrogens with zero attached hydrogens (tertiary/aromatic N) is 2. The van der Waals surface area contributed by atoms with E-state index in [0.717, 1.165) is 4.40 Å². The van der Waals surface area contributed by atoms with Gasteiger partial charge in [0.2, 0.25) is 5.82 Å². The number of aromatic nitrogens is 2. The molecule has 6 heteroatoms. The molecule has 0 atom stereocenters. The van der Waals surface area contributed by atoms with Crippen molar-refractivity contribution in [2.45, 2.75) is 19.6 Å². The van der Waals surface area contributed by atoms with Gasteiger partial charge in [0.1, 0.15) is 0 Å². The zero-order valence-electron chi connectivity index (χ0n) is 8.54. The molecule has 3 nitrogen and oxygen atoms in total. The minimum absolute atomic E-state index is 0.0379. The smallest absolute Gasteiger partial charge is 0.325 e. The van der Waals surface area contributed by atoms with Crippen LogP contribution in [0.3, 0.4) is 0 Å². The first-order valence-electron chi connectivity index (χ1n) is 4.69. The first-order chi connectivity index (χ1) is 7.45. The van der Waals surface area contributed by atoms with Crippen LogP contribution >= 0.6 is 0 Å². The molecule has 2 N–H and O–H groups in total. The van der Waals surface area contributed by atoms with Crippen molar-refractivity contribution in [3.8, 4) is 0 Å². The van der Waals surface area contributed by atoms with E-state index in [-0.39, 0.29) is 6.54 Å². The fourth-order valence-corrected chi connectivity index (χ4v) is 1.70. The number of rotatable bonds is 1. The Hall–Kier alpha value is -1.56. The van der Waals surface area contributed by atoms with E-state index in [1.54, 1.807) is 25.1 Å². The lowest BCUT2D eigenvalue weighted by atomic mass is 10.3. The summed E-state index contributed by atoms with van der Waals surface area (Å²) < 4.78 is 39.2. The van der Waals surface area contributed by atoms with Crippen molar-refractivity contribution in [1.29, 1.82) is 0 Å². The van der Waals surface area contributed by atoms with Crippen LogP contribution in [-0.2, 0) is 12.7 Å². The number of fused-ring (bicyclic) bond motifs is 1. The maximum absolute atomic E-state index is 12.7. The Morgan fingerprint density at radius 2 is 2.06 bits per heavy atom. The van der Waals surface area contributed by atoms with Crippen LogP contribution in [0.25, 0.3) is 5.52 Å². The second-order valence-electron chi connectivity index (χ2n) is 3.46. The fourth-order valence-electron chi connectivity index (χ4n) is 1.70. The van der Waals surface area contributed by atoms with Crippen molar-refractivity contribution in [1.82, 2.24) is 9.38 Å². The number of hydrogen-bond acceptors (Lipinski definition) is 2. The lowest BCUT2D eigenvalue weighted by molar-refractivity contribution is -0.145. The molecule has 0 spiro atoms. The van der Waals surface area contributed by atoms with Crippen molar-refractivity contribution in [3.63, 3.8) is 0 Å². The van der Waals surface area contributed by atoms with Crippen molar-refractivity contribution < 1.29 is 13.2 Å². The molecule has 2 heterocycles. The van der Waals surface area contributed by atoms with Crippen molar-refractivity contribution in [2.24, 2.45) is 5.73 Å². The van der Waals surface area contributed by atoms with Crippen molar-refractivity contribution >= 4 is 5.52 Å². The molecule has 0 saturated heterocycles. The average Bonchev–Trinajstić information content (AvgIpc) is 2.56. The molecule has 0 fully saturated rings. The van der Waals surface area contributed by atoms with Gasteiger partial charge in [-0.15, -0.1) is 0 Å². The van der Waals surface area contributed by atoms with Crippen LogP contribution in [0.2, 0.25) is 0 Å². The Kier molecular flexibility index (Phi) is 2.38. The van der Waals surface area contributed by atoms with Crippen LogP contribution in [-0.4, -0.2) is 9.38 Å². The number of hydrogen-bond donors (Lipinski definition) is 1. The highest BCUT2D eigenvalue weighted by Crippen LogP contribution is 2.30. The van der Waals surface area contributed by atoms with E-state index in [0.29, 0.717) is 16.9 Å². The monoisotopic (exact) mass is 229 g/mol. The van der Waals surface area contributed by atoms with Gasteiger partial charge < -0.3 is 5.73 Å². The van der Waals surface area contributed by atoms with Crippen LogP contribution in [0.1, 0.15) is 17.2 Å². The van der Waals surface area contributed by atoms with E-state index in [1.807, 2.05) is 0 Å². The Morgan fingerprint density at radius 1 is 1.38 bits per heavy atom. The van der Waals surface area contributed by atoms with Crippen molar-refractivity contribution in [3.05, 3.63) is 35.4 Å². The molecule has 0 aliphatic carbocycles. The number of imidazole rings is 1. The molecule has 0 aliphatic heterocycles. The van der Waals surface area contributed by atoms with Crippen LogP contribution < -0.4 is 5.73 Å². The lowest BCUT2D eigenvalue weighted by Gasteiger charge is -2.08. The van der Waals surface area contributed by atoms with Gasteiger partial charge in [-0.3, -0.25) is 4.40 Å². The number of nitrogens with two attached hydrogens (primary N) is 1. The van der Waals surface area contributed by atoms with E-state index in [2.05, 4.69) is 4.98 Å². The summed E-state index contributed by atoms with van der Waals surface area (Å²) in [6.07, 6.45) is -4.47. The molecule has 86 valence electrons. The maximum Gasteiger partial charge on any atom is 0.450 e. The quantitative estimate of drug-likeness (QED) is 0.813. The number of pyridine rings is 1. The molecule has 2 aromatic rings. The largest absolute Gasteiger partial charge is 0.450 e. The summed E-state index contributed by atoms with van der Waals surface area (Å²) in [5, 5.41) is 0. The zero-order chi connectivity index (χ0) is 11.9. The minimum atomic E-state index is -4.47. The zero-order valence-corrected chi connectivity index (χ0v) is 8.54. The highest BCUT2D eigenvalue weighted by atomic mass is 19.4. The second kappa shape index (κ2) is 3.48. The normalized spacial score (nSPS) is 12.3. The predicted molar refractivity (Wildman–Crippen MR) is 52.8 cm³/mol. The summed E-state index contributed by atoms with van der Waals surface area (Å²) in [5.41, 5.74) is 6.61. The molecule has 0 saturated carbocycles. The van der Waals surface area contributed by atoms with E-state index in [1.165, 1.54) is 0 Å². The molecule has 16 heavy (non-hydrogen) atoms. The maximum atomic E-state index is 12.7. The van der Waals surface area contributed by atoms with Gasteiger partial charge in [0.15, 0.2) is 0 Å². The highest BCUT2D eigenvalue weighted by Gasteiger charge is 2.37. The van der Waals surface area contributed by atoms with E-state index in [9.17, 15) is 13.2 Å². The van der Waals surface area contributed by atoms with Crippen LogP contribution in [0.5, 0.6) is 0 Å². The van der Waals surface area contributed by atoms with Gasteiger partial charge in [0.25, 0.3) is 0 Å². The summed E-state index contributed by atoms with van der Waals surface area (Å²) in [4.78, 5) is 3.55. The number of alkyl halides is 3. The van der Waals surface area contributed by atoms with Gasteiger partial charge >= 0.3 is 6.18 Å². The van der Waals surface area contributed by atoms with Gasteiger partial charge in [0.05, 0.1) is 11.2 Å². The van der Waals surface area contributed by atoms with Gasteiger partial charge in [-0.25, -0.2) is 4.98 Å². The lowest BCUT2D eigenvalue weighted by Crippen LogP contribution is -2.14. The molecule has 0 aliphatic rings. The summed E-state index contributed by atoms with van der Waals surface area (Å²) >= 11 is 0. The third-order valence-corrected chi connectivity index (χ3v) is 2.39. The first-order valence-corrected chi connectivity index (χ1v) is 4.69. The Labute approximate surface area is 89.7 Å². The fraction of sp³-hybridized carbons (Fsp3) is 0.300. The molecular weight excluding hydrogens is 219 g/mol. The van der Waals surface area contributed by atoms with Crippen molar-refractivity contribution in [2.75, 3.05) is 0 Å². The Morgan fingerprint density at radius 3 is 2.62 bits per heavy atom. The highest BCUT2D eigenvalue weighted by molar-refractivity contribution is 5.54. The molecule has 2 rings (SSSR count). The standard InChI is InChI=1S/C10H10F3N3/c1-6-8-4-2-3-7(5-14)16(8)9(15-6)10(11,12)13/h2-4H,5,14H2,1H3.